The maximum absolute atomic E-state index is 12.9. The third kappa shape index (κ3) is 4.53. The molecule has 3 aromatic rings. The van der Waals surface area contributed by atoms with Crippen LogP contribution in [0.2, 0.25) is 0 Å². The van der Waals surface area contributed by atoms with Crippen LogP contribution in [0.1, 0.15) is 62.2 Å². The van der Waals surface area contributed by atoms with Crippen LogP contribution >= 0.6 is 11.5 Å². The van der Waals surface area contributed by atoms with Crippen LogP contribution in [-0.4, -0.2) is 38.5 Å². The van der Waals surface area contributed by atoms with Crippen LogP contribution in [0.3, 0.4) is 0 Å². The number of carbonyl (C=O) groups excluding carboxylic acids is 1. The van der Waals surface area contributed by atoms with E-state index in [-0.39, 0.29) is 11.8 Å². The van der Waals surface area contributed by atoms with Crippen LogP contribution in [-0.2, 0) is 6.42 Å². The molecule has 29 heavy (non-hydrogen) atoms. The number of carbonyl (C=O) groups is 1. The van der Waals surface area contributed by atoms with E-state index in [2.05, 4.69) is 59.8 Å². The van der Waals surface area contributed by atoms with E-state index in [1.807, 2.05) is 11.8 Å². The highest BCUT2D eigenvalue weighted by molar-refractivity contribution is 7.07. The minimum absolute atomic E-state index is 0.0508. The van der Waals surface area contributed by atoms with E-state index in [4.69, 9.17) is 4.98 Å². The Morgan fingerprint density at radius 1 is 1.17 bits per heavy atom. The predicted molar refractivity (Wildman–Crippen MR) is 115 cm³/mol. The molecule has 1 amide bonds. The van der Waals surface area contributed by atoms with Crippen molar-refractivity contribution < 1.29 is 4.79 Å². The number of piperidine rings is 1. The molecule has 0 saturated carbocycles. The molecule has 0 bridgehead atoms. The Balaban J connectivity index is 1.53. The van der Waals surface area contributed by atoms with E-state index >= 15 is 0 Å². The summed E-state index contributed by atoms with van der Waals surface area (Å²) in [6.07, 6.45) is 2.95. The first-order valence-corrected chi connectivity index (χ1v) is 10.9. The molecule has 1 atom stereocenters. The van der Waals surface area contributed by atoms with Gasteiger partial charge in [-0.2, -0.15) is 0 Å². The van der Waals surface area contributed by atoms with Crippen LogP contribution in [0, 0.1) is 20.8 Å². The minimum atomic E-state index is 0.0508. The number of amides is 1. The van der Waals surface area contributed by atoms with Gasteiger partial charge < -0.3 is 4.90 Å². The van der Waals surface area contributed by atoms with Crippen molar-refractivity contribution in [3.63, 3.8) is 0 Å². The molecule has 1 aliphatic rings. The van der Waals surface area contributed by atoms with E-state index in [9.17, 15) is 4.79 Å². The summed E-state index contributed by atoms with van der Waals surface area (Å²) in [5.41, 5.74) is 6.73. The van der Waals surface area contributed by atoms with Crippen LogP contribution in [0.25, 0.3) is 0 Å². The molecular weight excluding hydrogens is 380 g/mol. The summed E-state index contributed by atoms with van der Waals surface area (Å²) in [7, 11) is 0. The lowest BCUT2D eigenvalue weighted by atomic mass is 9.92. The average molecular weight is 407 g/mol. The number of hydrogen-bond donors (Lipinski definition) is 0. The molecular formula is C23H26N4OS. The van der Waals surface area contributed by atoms with Crippen LogP contribution < -0.4 is 0 Å². The SMILES string of the molecule is Cc1cccc(Cc2cc(C)nc([C@H]3CCCN(C(=O)c4snnc4C)C3)c2)c1. The van der Waals surface area contributed by atoms with E-state index in [1.165, 1.54) is 28.2 Å². The first-order valence-electron chi connectivity index (χ1n) is 10.1. The molecule has 0 radical (unpaired) electrons. The molecule has 1 aromatic carbocycles. The normalized spacial score (nSPS) is 16.8. The van der Waals surface area contributed by atoms with Crippen molar-refractivity contribution in [1.82, 2.24) is 19.5 Å². The minimum Gasteiger partial charge on any atom is -0.337 e. The summed E-state index contributed by atoms with van der Waals surface area (Å²) < 4.78 is 3.92. The highest BCUT2D eigenvalue weighted by atomic mass is 32.1. The average Bonchev–Trinajstić information content (AvgIpc) is 3.13. The zero-order valence-corrected chi connectivity index (χ0v) is 18.0. The molecule has 2 aromatic heterocycles. The van der Waals surface area contributed by atoms with Gasteiger partial charge in [-0.15, -0.1) is 5.10 Å². The van der Waals surface area contributed by atoms with Crippen molar-refractivity contribution in [3.05, 3.63) is 75.0 Å². The Bertz CT molecular complexity index is 1030. The second kappa shape index (κ2) is 8.41. The van der Waals surface area contributed by atoms with Crippen molar-refractivity contribution in [1.29, 1.82) is 0 Å². The number of aryl methyl sites for hydroxylation is 3. The first kappa shape index (κ1) is 19.7. The maximum atomic E-state index is 12.9. The summed E-state index contributed by atoms with van der Waals surface area (Å²) in [4.78, 5) is 20.3. The quantitative estimate of drug-likeness (QED) is 0.641. The monoisotopic (exact) mass is 406 g/mol. The topological polar surface area (TPSA) is 59.0 Å². The summed E-state index contributed by atoms with van der Waals surface area (Å²) in [6.45, 7) is 7.52. The highest BCUT2D eigenvalue weighted by Gasteiger charge is 2.28. The third-order valence-corrected chi connectivity index (χ3v) is 6.31. The molecule has 1 fully saturated rings. The van der Waals surface area contributed by atoms with Gasteiger partial charge in [0.1, 0.15) is 4.88 Å². The zero-order valence-electron chi connectivity index (χ0n) is 17.2. The molecule has 0 aliphatic carbocycles. The molecule has 0 spiro atoms. The Hall–Kier alpha value is -2.60. The standard InChI is InChI=1S/C23H26N4OS/c1-15-6-4-7-18(10-15)12-19-11-16(2)24-21(13-19)20-8-5-9-27(14-20)23(28)22-17(3)25-26-29-22/h4,6-7,10-11,13,20H,5,8-9,12,14H2,1-3H3/t20-/m0/s1. The van der Waals surface area contributed by atoms with E-state index < -0.39 is 0 Å². The summed E-state index contributed by atoms with van der Waals surface area (Å²) in [5, 5.41) is 3.99. The first-order chi connectivity index (χ1) is 14.0. The molecule has 1 aliphatic heterocycles. The number of rotatable bonds is 4. The smallest absolute Gasteiger partial charge is 0.267 e. The van der Waals surface area contributed by atoms with Gasteiger partial charge in [0.25, 0.3) is 5.91 Å². The lowest BCUT2D eigenvalue weighted by Gasteiger charge is -2.32. The lowest BCUT2D eigenvalue weighted by molar-refractivity contribution is 0.0710. The third-order valence-electron chi connectivity index (χ3n) is 5.50. The van der Waals surface area contributed by atoms with Gasteiger partial charge >= 0.3 is 0 Å². The van der Waals surface area contributed by atoms with Gasteiger partial charge in [0, 0.05) is 30.4 Å². The molecule has 1 saturated heterocycles. The van der Waals surface area contributed by atoms with Crippen LogP contribution in [0.15, 0.2) is 36.4 Å². The fraction of sp³-hybridized carbons (Fsp3) is 0.391. The van der Waals surface area contributed by atoms with Gasteiger partial charge in [-0.05, 0) is 74.8 Å². The van der Waals surface area contributed by atoms with Crippen molar-refractivity contribution in [2.24, 2.45) is 0 Å². The zero-order chi connectivity index (χ0) is 20.4. The van der Waals surface area contributed by atoms with Crippen LogP contribution in [0.5, 0.6) is 0 Å². The number of hydrogen-bond acceptors (Lipinski definition) is 5. The number of likely N-dealkylation sites (tertiary alicyclic amines) is 1. The fourth-order valence-electron chi connectivity index (χ4n) is 4.11. The Kier molecular flexibility index (Phi) is 5.72. The van der Waals surface area contributed by atoms with Crippen molar-refractivity contribution in [2.45, 2.75) is 46.0 Å². The van der Waals surface area contributed by atoms with Gasteiger partial charge in [-0.3, -0.25) is 9.78 Å². The Morgan fingerprint density at radius 3 is 2.79 bits per heavy atom. The van der Waals surface area contributed by atoms with Gasteiger partial charge in [0.15, 0.2) is 0 Å². The van der Waals surface area contributed by atoms with Gasteiger partial charge in [0.2, 0.25) is 0 Å². The number of aromatic nitrogens is 3. The van der Waals surface area contributed by atoms with Crippen molar-refractivity contribution in [3.8, 4) is 0 Å². The largest absolute Gasteiger partial charge is 0.337 e. The molecule has 4 rings (SSSR count). The second-order valence-corrected chi connectivity index (χ2v) is 8.74. The number of nitrogens with zero attached hydrogens (tertiary/aromatic N) is 4. The molecule has 150 valence electrons. The number of benzene rings is 1. The second-order valence-electron chi connectivity index (χ2n) is 7.99. The van der Waals surface area contributed by atoms with Crippen molar-refractivity contribution in [2.75, 3.05) is 13.1 Å². The molecule has 3 heterocycles. The van der Waals surface area contributed by atoms with E-state index in [0.29, 0.717) is 11.4 Å². The molecule has 6 heteroatoms. The van der Waals surface area contributed by atoms with E-state index in [0.717, 1.165) is 42.9 Å². The van der Waals surface area contributed by atoms with E-state index in [1.54, 1.807) is 0 Å². The fourth-order valence-corrected chi connectivity index (χ4v) is 4.74. The Labute approximate surface area is 176 Å². The number of pyridine rings is 1. The van der Waals surface area contributed by atoms with Gasteiger partial charge in [-0.25, -0.2) is 0 Å². The lowest BCUT2D eigenvalue weighted by Crippen LogP contribution is -2.39. The Morgan fingerprint density at radius 2 is 2.03 bits per heavy atom. The maximum Gasteiger partial charge on any atom is 0.267 e. The molecule has 0 unspecified atom stereocenters. The van der Waals surface area contributed by atoms with Crippen molar-refractivity contribution >= 4 is 17.4 Å². The van der Waals surface area contributed by atoms with Gasteiger partial charge in [-0.1, -0.05) is 34.3 Å². The summed E-state index contributed by atoms with van der Waals surface area (Å²) in [5.74, 6) is 0.319. The summed E-state index contributed by atoms with van der Waals surface area (Å²) >= 11 is 1.19. The molecule has 0 N–H and O–H groups in total. The predicted octanol–water partition coefficient (Wildman–Crippen LogP) is 4.47. The van der Waals surface area contributed by atoms with Crippen LogP contribution in [0.4, 0.5) is 0 Å². The molecule has 5 nitrogen and oxygen atoms in total. The summed E-state index contributed by atoms with van der Waals surface area (Å²) in [6, 6.07) is 13.1. The van der Waals surface area contributed by atoms with Gasteiger partial charge in [0.05, 0.1) is 5.69 Å². The highest BCUT2D eigenvalue weighted by Crippen LogP contribution is 2.29.